The monoisotopic (exact) mass is 363 g/mol. The number of aryl methyl sites for hydroxylation is 1. The van der Waals surface area contributed by atoms with E-state index in [1.165, 1.54) is 0 Å². The van der Waals surface area contributed by atoms with E-state index in [9.17, 15) is 4.79 Å². The summed E-state index contributed by atoms with van der Waals surface area (Å²) in [5.74, 6) is 0.693. The minimum atomic E-state index is -0.0608. The Morgan fingerprint density at radius 2 is 2.00 bits per heavy atom. The number of nitrogens with zero attached hydrogens (tertiary/aromatic N) is 6. The molecule has 1 unspecified atom stereocenters. The van der Waals surface area contributed by atoms with Gasteiger partial charge in [0.2, 0.25) is 5.95 Å². The highest BCUT2D eigenvalue weighted by Crippen LogP contribution is 2.18. The van der Waals surface area contributed by atoms with Gasteiger partial charge in [0.25, 0.3) is 5.91 Å². The van der Waals surface area contributed by atoms with E-state index in [4.69, 9.17) is 0 Å². The summed E-state index contributed by atoms with van der Waals surface area (Å²) >= 11 is 0. The maximum absolute atomic E-state index is 13.0. The number of aromatic nitrogens is 5. The van der Waals surface area contributed by atoms with Crippen molar-refractivity contribution in [2.45, 2.75) is 20.0 Å². The number of pyridine rings is 1. The van der Waals surface area contributed by atoms with Gasteiger partial charge >= 0.3 is 0 Å². The van der Waals surface area contributed by atoms with Gasteiger partial charge in [0, 0.05) is 50.3 Å². The maximum Gasteiger partial charge on any atom is 0.272 e. The summed E-state index contributed by atoms with van der Waals surface area (Å²) in [6.07, 6.45) is 6.86. The summed E-state index contributed by atoms with van der Waals surface area (Å²) in [7, 11) is 0. The van der Waals surface area contributed by atoms with Crippen LogP contribution in [0.15, 0.2) is 49.1 Å². The van der Waals surface area contributed by atoms with Gasteiger partial charge in [-0.2, -0.15) is 5.10 Å². The molecule has 27 heavy (non-hydrogen) atoms. The van der Waals surface area contributed by atoms with Crippen molar-refractivity contribution in [3.8, 4) is 0 Å². The zero-order valence-corrected chi connectivity index (χ0v) is 15.1. The minimum absolute atomic E-state index is 0.0608. The Hall–Kier alpha value is -3.29. The van der Waals surface area contributed by atoms with Gasteiger partial charge in [0.15, 0.2) is 0 Å². The lowest BCUT2D eigenvalue weighted by Crippen LogP contribution is -2.36. The summed E-state index contributed by atoms with van der Waals surface area (Å²) in [5.41, 5.74) is 2.52. The first-order chi connectivity index (χ1) is 13.2. The minimum Gasteiger partial charge on any atom is -0.354 e. The van der Waals surface area contributed by atoms with Crippen LogP contribution in [0.4, 0.5) is 5.95 Å². The van der Waals surface area contributed by atoms with Crippen LogP contribution in [0.1, 0.15) is 21.7 Å². The summed E-state index contributed by atoms with van der Waals surface area (Å²) in [5, 5.41) is 7.66. The van der Waals surface area contributed by atoms with Gasteiger partial charge in [0.05, 0.1) is 12.2 Å². The SMILES string of the molecule is Cc1ccnc(C(=O)N2Cc3ccnn3CC(CNc3ncccn3)C2)c1. The van der Waals surface area contributed by atoms with Gasteiger partial charge in [-0.15, -0.1) is 0 Å². The fraction of sp³-hybridized carbons (Fsp3) is 0.316. The normalized spacial score (nSPS) is 16.5. The molecule has 0 spiro atoms. The Labute approximate surface area is 157 Å². The van der Waals surface area contributed by atoms with E-state index in [1.807, 2.05) is 34.7 Å². The number of nitrogens with one attached hydrogen (secondary N) is 1. The average Bonchev–Trinajstić information content (AvgIpc) is 3.04. The van der Waals surface area contributed by atoms with Crippen molar-refractivity contribution >= 4 is 11.9 Å². The van der Waals surface area contributed by atoms with Crippen LogP contribution in [-0.4, -0.2) is 48.6 Å². The van der Waals surface area contributed by atoms with Crippen LogP contribution >= 0.6 is 0 Å². The Bertz CT molecular complexity index is 925. The van der Waals surface area contributed by atoms with Crippen LogP contribution in [0.25, 0.3) is 0 Å². The molecular formula is C19H21N7O. The third-order valence-electron chi connectivity index (χ3n) is 4.60. The van der Waals surface area contributed by atoms with Crippen LogP contribution in [0.2, 0.25) is 0 Å². The number of hydrogen-bond acceptors (Lipinski definition) is 6. The molecule has 4 rings (SSSR count). The van der Waals surface area contributed by atoms with E-state index in [-0.39, 0.29) is 11.8 Å². The summed E-state index contributed by atoms with van der Waals surface area (Å²) in [6, 6.07) is 7.46. The molecule has 0 bridgehead atoms. The molecular weight excluding hydrogens is 342 g/mol. The first-order valence-corrected chi connectivity index (χ1v) is 8.92. The van der Waals surface area contributed by atoms with Crippen molar-refractivity contribution in [1.29, 1.82) is 0 Å². The first-order valence-electron chi connectivity index (χ1n) is 8.92. The Morgan fingerprint density at radius 1 is 1.15 bits per heavy atom. The molecule has 0 saturated heterocycles. The van der Waals surface area contributed by atoms with E-state index in [1.54, 1.807) is 30.9 Å². The van der Waals surface area contributed by atoms with Crippen molar-refractivity contribution in [3.63, 3.8) is 0 Å². The second-order valence-corrected chi connectivity index (χ2v) is 6.73. The second-order valence-electron chi connectivity index (χ2n) is 6.73. The molecule has 0 aliphatic carbocycles. The number of fused-ring (bicyclic) bond motifs is 1. The third-order valence-corrected chi connectivity index (χ3v) is 4.60. The highest BCUT2D eigenvalue weighted by atomic mass is 16.2. The molecule has 3 aromatic rings. The van der Waals surface area contributed by atoms with E-state index in [2.05, 4.69) is 25.4 Å². The lowest BCUT2D eigenvalue weighted by atomic mass is 10.1. The van der Waals surface area contributed by atoms with Gasteiger partial charge in [0.1, 0.15) is 5.69 Å². The molecule has 1 N–H and O–H groups in total. The quantitative estimate of drug-likeness (QED) is 0.760. The number of carbonyl (C=O) groups excluding carboxylic acids is 1. The molecule has 1 aliphatic heterocycles. The predicted octanol–water partition coefficient (Wildman–Crippen LogP) is 1.76. The van der Waals surface area contributed by atoms with Gasteiger partial charge in [-0.3, -0.25) is 14.5 Å². The zero-order valence-electron chi connectivity index (χ0n) is 15.1. The predicted molar refractivity (Wildman–Crippen MR) is 100.0 cm³/mol. The van der Waals surface area contributed by atoms with E-state index in [0.717, 1.165) is 17.8 Å². The first kappa shape index (κ1) is 17.1. The molecule has 0 radical (unpaired) electrons. The number of rotatable bonds is 4. The Kier molecular flexibility index (Phi) is 4.78. The summed E-state index contributed by atoms with van der Waals surface area (Å²) in [6.45, 7) is 4.47. The van der Waals surface area contributed by atoms with Gasteiger partial charge < -0.3 is 10.2 Å². The number of carbonyl (C=O) groups is 1. The largest absolute Gasteiger partial charge is 0.354 e. The average molecular weight is 363 g/mol. The molecule has 0 saturated carbocycles. The van der Waals surface area contributed by atoms with Gasteiger partial charge in [-0.1, -0.05) is 0 Å². The molecule has 0 aromatic carbocycles. The lowest BCUT2D eigenvalue weighted by molar-refractivity contribution is 0.0718. The van der Waals surface area contributed by atoms with E-state index in [0.29, 0.717) is 31.3 Å². The number of amides is 1. The summed E-state index contributed by atoms with van der Waals surface area (Å²) < 4.78 is 1.97. The zero-order chi connectivity index (χ0) is 18.6. The van der Waals surface area contributed by atoms with E-state index >= 15 is 0 Å². The highest BCUT2D eigenvalue weighted by molar-refractivity contribution is 5.92. The number of anilines is 1. The van der Waals surface area contributed by atoms with Crippen LogP contribution in [0.5, 0.6) is 0 Å². The standard InChI is InChI=1S/C19H21N7O/c1-14-3-7-20-17(9-14)18(27)25-11-15(10-23-19-21-5-2-6-22-19)12-26-16(13-25)4-8-24-26/h2-9,15H,10-13H2,1H3,(H,21,22,23). The molecule has 4 heterocycles. The molecule has 138 valence electrons. The van der Waals surface area contributed by atoms with Crippen LogP contribution in [0, 0.1) is 12.8 Å². The second kappa shape index (κ2) is 7.53. The van der Waals surface area contributed by atoms with Gasteiger partial charge in [-0.05, 0) is 36.8 Å². The van der Waals surface area contributed by atoms with Crippen molar-refractivity contribution in [3.05, 3.63) is 66.0 Å². The van der Waals surface area contributed by atoms with Crippen molar-refractivity contribution in [1.82, 2.24) is 29.6 Å². The van der Waals surface area contributed by atoms with Gasteiger partial charge in [-0.25, -0.2) is 9.97 Å². The molecule has 8 nitrogen and oxygen atoms in total. The number of hydrogen-bond donors (Lipinski definition) is 1. The highest BCUT2D eigenvalue weighted by Gasteiger charge is 2.27. The molecule has 1 aliphatic rings. The fourth-order valence-corrected chi connectivity index (χ4v) is 3.26. The lowest BCUT2D eigenvalue weighted by Gasteiger charge is -2.24. The van der Waals surface area contributed by atoms with Crippen molar-refractivity contribution < 1.29 is 4.79 Å². The Morgan fingerprint density at radius 3 is 2.81 bits per heavy atom. The molecule has 1 atom stereocenters. The summed E-state index contributed by atoms with van der Waals surface area (Å²) in [4.78, 5) is 27.5. The topological polar surface area (TPSA) is 88.8 Å². The molecule has 1 amide bonds. The van der Waals surface area contributed by atoms with Crippen molar-refractivity contribution in [2.24, 2.45) is 5.92 Å². The molecule has 0 fully saturated rings. The van der Waals surface area contributed by atoms with E-state index < -0.39 is 0 Å². The Balaban J connectivity index is 1.54. The van der Waals surface area contributed by atoms with Crippen LogP contribution in [0.3, 0.4) is 0 Å². The van der Waals surface area contributed by atoms with Crippen LogP contribution < -0.4 is 5.32 Å². The fourth-order valence-electron chi connectivity index (χ4n) is 3.26. The molecule has 3 aromatic heterocycles. The maximum atomic E-state index is 13.0. The smallest absolute Gasteiger partial charge is 0.272 e. The van der Waals surface area contributed by atoms with Crippen molar-refractivity contribution in [2.75, 3.05) is 18.4 Å². The third kappa shape index (κ3) is 3.94. The van der Waals surface area contributed by atoms with Crippen LogP contribution in [-0.2, 0) is 13.1 Å². The molecule has 8 heteroatoms.